The van der Waals surface area contributed by atoms with E-state index in [1.807, 2.05) is 19.1 Å². The van der Waals surface area contributed by atoms with Crippen LogP contribution in [0.15, 0.2) is 46.9 Å². The predicted octanol–water partition coefficient (Wildman–Crippen LogP) is 4.40. The summed E-state index contributed by atoms with van der Waals surface area (Å²) in [5, 5.41) is 1.60. The van der Waals surface area contributed by atoms with Crippen LogP contribution in [0, 0.1) is 6.92 Å². The molecular formula is C17H14ClNO2. The second kappa shape index (κ2) is 5.26. The lowest BCUT2D eigenvalue weighted by atomic mass is 10.0. The molecule has 2 aromatic carbocycles. The quantitative estimate of drug-likeness (QED) is 0.576. The van der Waals surface area contributed by atoms with Gasteiger partial charge in [-0.1, -0.05) is 23.7 Å². The van der Waals surface area contributed by atoms with Gasteiger partial charge in [-0.2, -0.15) is 0 Å². The van der Waals surface area contributed by atoms with Gasteiger partial charge < -0.3 is 10.2 Å². The largest absolute Gasteiger partial charge is 0.460 e. The second-order valence-electron chi connectivity index (χ2n) is 5.02. The van der Waals surface area contributed by atoms with Gasteiger partial charge in [-0.05, 0) is 42.8 Å². The molecule has 21 heavy (non-hydrogen) atoms. The maximum absolute atomic E-state index is 12.3. The first kappa shape index (κ1) is 13.7. The number of anilines is 1. The number of ketones is 1. The van der Waals surface area contributed by atoms with Gasteiger partial charge in [0.1, 0.15) is 11.3 Å². The van der Waals surface area contributed by atoms with Crippen LogP contribution in [0.5, 0.6) is 0 Å². The van der Waals surface area contributed by atoms with Gasteiger partial charge in [-0.15, -0.1) is 0 Å². The first-order chi connectivity index (χ1) is 10.0. The summed E-state index contributed by atoms with van der Waals surface area (Å²) in [7, 11) is 0. The zero-order valence-electron chi connectivity index (χ0n) is 11.5. The SMILES string of the molecule is Cc1c(CC(=O)c2cccc(N)c2)oc2ccc(Cl)cc12. The summed E-state index contributed by atoms with van der Waals surface area (Å²) in [4.78, 5) is 12.3. The minimum absolute atomic E-state index is 0.0180. The molecule has 0 unspecified atom stereocenters. The number of carbonyl (C=O) groups excluding carboxylic acids is 1. The molecule has 0 fully saturated rings. The monoisotopic (exact) mass is 299 g/mol. The Labute approximate surface area is 127 Å². The van der Waals surface area contributed by atoms with Crippen LogP contribution in [0.4, 0.5) is 5.69 Å². The van der Waals surface area contributed by atoms with Crippen molar-refractivity contribution in [2.24, 2.45) is 0 Å². The van der Waals surface area contributed by atoms with Crippen molar-refractivity contribution in [3.05, 3.63) is 64.4 Å². The summed E-state index contributed by atoms with van der Waals surface area (Å²) < 4.78 is 5.77. The Morgan fingerprint density at radius 1 is 1.24 bits per heavy atom. The summed E-state index contributed by atoms with van der Waals surface area (Å²) in [6.45, 7) is 1.93. The van der Waals surface area contributed by atoms with E-state index in [1.54, 1.807) is 30.3 Å². The molecule has 0 saturated carbocycles. The molecule has 2 N–H and O–H groups in total. The number of fused-ring (bicyclic) bond motifs is 1. The third kappa shape index (κ3) is 2.65. The van der Waals surface area contributed by atoms with Crippen LogP contribution in [0.2, 0.25) is 5.02 Å². The van der Waals surface area contributed by atoms with Gasteiger partial charge in [0.05, 0.1) is 6.42 Å². The van der Waals surface area contributed by atoms with E-state index in [-0.39, 0.29) is 12.2 Å². The molecule has 0 aliphatic heterocycles. The van der Waals surface area contributed by atoms with E-state index in [0.717, 1.165) is 16.5 Å². The lowest BCUT2D eigenvalue weighted by molar-refractivity contribution is 0.0987. The molecule has 0 bridgehead atoms. The zero-order valence-corrected chi connectivity index (χ0v) is 12.3. The Morgan fingerprint density at radius 3 is 2.81 bits per heavy atom. The smallest absolute Gasteiger partial charge is 0.170 e. The number of Topliss-reactive ketones (excluding diaryl/α,β-unsaturated/α-hetero) is 1. The third-order valence-electron chi connectivity index (χ3n) is 3.53. The Morgan fingerprint density at radius 2 is 2.05 bits per heavy atom. The van der Waals surface area contributed by atoms with Crippen molar-refractivity contribution >= 4 is 34.0 Å². The number of aryl methyl sites for hydroxylation is 1. The summed E-state index contributed by atoms with van der Waals surface area (Å²) in [5.41, 5.74) is 8.57. The van der Waals surface area contributed by atoms with Crippen molar-refractivity contribution in [2.75, 3.05) is 5.73 Å². The minimum Gasteiger partial charge on any atom is -0.460 e. The third-order valence-corrected chi connectivity index (χ3v) is 3.76. The molecule has 0 saturated heterocycles. The molecule has 106 valence electrons. The number of hydrogen-bond donors (Lipinski definition) is 1. The molecule has 0 aliphatic carbocycles. The van der Waals surface area contributed by atoms with Crippen molar-refractivity contribution in [3.63, 3.8) is 0 Å². The summed E-state index contributed by atoms with van der Waals surface area (Å²) in [6, 6.07) is 12.4. The molecule has 3 nitrogen and oxygen atoms in total. The number of halogens is 1. The lowest BCUT2D eigenvalue weighted by Crippen LogP contribution is -2.04. The highest BCUT2D eigenvalue weighted by atomic mass is 35.5. The maximum Gasteiger partial charge on any atom is 0.170 e. The van der Waals surface area contributed by atoms with Crippen LogP contribution >= 0.6 is 11.6 Å². The van der Waals surface area contributed by atoms with Crippen molar-refractivity contribution in [1.29, 1.82) is 0 Å². The average Bonchev–Trinajstić information content (AvgIpc) is 2.76. The number of benzene rings is 2. The topological polar surface area (TPSA) is 56.2 Å². The zero-order chi connectivity index (χ0) is 15.0. The number of furan rings is 1. The molecule has 4 heteroatoms. The normalized spacial score (nSPS) is 11.0. The Balaban J connectivity index is 1.95. The van der Waals surface area contributed by atoms with Crippen LogP contribution in [-0.2, 0) is 6.42 Å². The number of rotatable bonds is 3. The van der Waals surface area contributed by atoms with Gasteiger partial charge in [0.15, 0.2) is 5.78 Å². The Bertz CT molecular complexity index is 836. The van der Waals surface area contributed by atoms with E-state index in [4.69, 9.17) is 21.8 Å². The van der Waals surface area contributed by atoms with Gasteiger partial charge in [-0.3, -0.25) is 4.79 Å². The van der Waals surface area contributed by atoms with Crippen LogP contribution < -0.4 is 5.73 Å². The first-order valence-electron chi connectivity index (χ1n) is 6.61. The molecule has 0 radical (unpaired) electrons. The van der Waals surface area contributed by atoms with Crippen LogP contribution in [0.1, 0.15) is 21.7 Å². The Kier molecular flexibility index (Phi) is 3.43. The predicted molar refractivity (Wildman–Crippen MR) is 84.8 cm³/mol. The molecule has 3 rings (SSSR count). The molecular weight excluding hydrogens is 286 g/mol. The molecule has 0 atom stereocenters. The maximum atomic E-state index is 12.3. The molecule has 0 amide bonds. The van der Waals surface area contributed by atoms with Gasteiger partial charge in [-0.25, -0.2) is 0 Å². The number of carbonyl (C=O) groups is 1. The van der Waals surface area contributed by atoms with Crippen molar-refractivity contribution < 1.29 is 9.21 Å². The van der Waals surface area contributed by atoms with E-state index >= 15 is 0 Å². The Hall–Kier alpha value is -2.26. The fraction of sp³-hybridized carbons (Fsp3) is 0.118. The van der Waals surface area contributed by atoms with Crippen molar-refractivity contribution in [2.45, 2.75) is 13.3 Å². The fourth-order valence-electron chi connectivity index (χ4n) is 2.37. The number of nitrogen functional groups attached to an aromatic ring is 1. The summed E-state index contributed by atoms with van der Waals surface area (Å²) >= 11 is 6.00. The number of nitrogens with two attached hydrogens (primary N) is 1. The van der Waals surface area contributed by atoms with Gasteiger partial charge in [0.25, 0.3) is 0 Å². The van der Waals surface area contributed by atoms with Gasteiger partial charge in [0, 0.05) is 21.7 Å². The highest BCUT2D eigenvalue weighted by molar-refractivity contribution is 6.31. The summed E-state index contributed by atoms with van der Waals surface area (Å²) in [5.74, 6) is 0.648. The molecule has 0 spiro atoms. The lowest BCUT2D eigenvalue weighted by Gasteiger charge is -2.01. The van der Waals surface area contributed by atoms with Gasteiger partial charge in [0.2, 0.25) is 0 Å². The summed E-state index contributed by atoms with van der Waals surface area (Å²) in [6.07, 6.45) is 0.210. The first-order valence-corrected chi connectivity index (χ1v) is 6.98. The van der Waals surface area contributed by atoms with Gasteiger partial charge >= 0.3 is 0 Å². The van der Waals surface area contributed by atoms with E-state index in [9.17, 15) is 4.79 Å². The molecule has 1 aromatic heterocycles. The van der Waals surface area contributed by atoms with Crippen LogP contribution in [-0.4, -0.2) is 5.78 Å². The van der Waals surface area contributed by atoms with E-state index in [1.165, 1.54) is 0 Å². The number of hydrogen-bond acceptors (Lipinski definition) is 3. The highest BCUT2D eigenvalue weighted by Crippen LogP contribution is 2.28. The average molecular weight is 300 g/mol. The van der Waals surface area contributed by atoms with Crippen molar-refractivity contribution in [1.82, 2.24) is 0 Å². The highest BCUT2D eigenvalue weighted by Gasteiger charge is 2.15. The molecule has 1 heterocycles. The molecule has 3 aromatic rings. The fourth-order valence-corrected chi connectivity index (χ4v) is 2.54. The van der Waals surface area contributed by atoms with E-state index in [0.29, 0.717) is 22.0 Å². The second-order valence-corrected chi connectivity index (χ2v) is 5.45. The van der Waals surface area contributed by atoms with Crippen LogP contribution in [0.25, 0.3) is 11.0 Å². The molecule has 0 aliphatic rings. The van der Waals surface area contributed by atoms with Crippen LogP contribution in [0.3, 0.4) is 0 Å². The van der Waals surface area contributed by atoms with Crippen molar-refractivity contribution in [3.8, 4) is 0 Å². The van der Waals surface area contributed by atoms with E-state index < -0.39 is 0 Å². The minimum atomic E-state index is -0.0180. The standard InChI is InChI=1S/C17H14ClNO2/c1-10-14-8-12(18)5-6-16(14)21-17(10)9-15(20)11-3-2-4-13(19)7-11/h2-8H,9,19H2,1H3. The van der Waals surface area contributed by atoms with E-state index in [2.05, 4.69) is 0 Å².